The topological polar surface area (TPSA) is 76.7 Å². The number of nitrogens with one attached hydrogen (secondary N) is 2. The molecule has 0 radical (unpaired) electrons. The van der Waals surface area contributed by atoms with Crippen LogP contribution in [-0.4, -0.2) is 24.5 Å². The van der Waals surface area contributed by atoms with Crippen molar-refractivity contribution in [1.29, 1.82) is 0 Å². The van der Waals surface area contributed by atoms with Crippen LogP contribution in [0.4, 0.5) is 11.4 Å². The first kappa shape index (κ1) is 19.7. The van der Waals surface area contributed by atoms with Gasteiger partial charge in [-0.1, -0.05) is 0 Å². The van der Waals surface area contributed by atoms with Crippen LogP contribution in [0, 0.1) is 6.92 Å². The summed E-state index contributed by atoms with van der Waals surface area (Å²) in [7, 11) is 0. The average Bonchev–Trinajstić information content (AvgIpc) is 3.04. The molecule has 2 N–H and O–H groups in total. The van der Waals surface area contributed by atoms with Gasteiger partial charge < -0.3 is 20.1 Å². The molecule has 0 bridgehead atoms. The van der Waals surface area contributed by atoms with E-state index in [0.717, 1.165) is 14.5 Å². The van der Waals surface area contributed by atoms with Crippen molar-refractivity contribution >= 4 is 54.9 Å². The maximum absolute atomic E-state index is 12.7. The minimum Gasteiger partial charge on any atom is -0.454 e. The molecule has 1 amide bonds. The van der Waals surface area contributed by atoms with Crippen molar-refractivity contribution in [2.45, 2.75) is 26.8 Å². The highest BCUT2D eigenvalue weighted by molar-refractivity contribution is 9.11. The summed E-state index contributed by atoms with van der Waals surface area (Å²) in [5, 5.41) is 5.98. The van der Waals surface area contributed by atoms with Crippen molar-refractivity contribution in [1.82, 2.24) is 0 Å². The summed E-state index contributed by atoms with van der Waals surface area (Å²) in [6.45, 7) is 5.27. The molecule has 6 nitrogen and oxygen atoms in total. The van der Waals surface area contributed by atoms with E-state index >= 15 is 0 Å². The highest BCUT2D eigenvalue weighted by Crippen LogP contribution is 2.37. The van der Waals surface area contributed by atoms with Gasteiger partial charge in [-0.25, -0.2) is 0 Å². The van der Waals surface area contributed by atoms with Gasteiger partial charge in [0.15, 0.2) is 17.3 Å². The van der Waals surface area contributed by atoms with E-state index in [-0.39, 0.29) is 18.5 Å². The molecule has 0 saturated heterocycles. The molecule has 0 saturated carbocycles. The molecule has 0 fully saturated rings. The molecule has 0 aromatic heterocycles. The van der Waals surface area contributed by atoms with Gasteiger partial charge in [-0.3, -0.25) is 9.59 Å². The van der Waals surface area contributed by atoms with Crippen LogP contribution in [0.3, 0.4) is 0 Å². The molecule has 3 rings (SSSR count). The van der Waals surface area contributed by atoms with Crippen molar-refractivity contribution in [2.75, 3.05) is 17.4 Å². The Bertz CT molecular complexity index is 907. The van der Waals surface area contributed by atoms with Gasteiger partial charge in [-0.2, -0.15) is 0 Å². The molecule has 27 heavy (non-hydrogen) atoms. The molecule has 0 spiro atoms. The molecule has 8 heteroatoms. The highest BCUT2D eigenvalue weighted by atomic mass is 79.9. The van der Waals surface area contributed by atoms with Crippen LogP contribution in [0.2, 0.25) is 0 Å². The van der Waals surface area contributed by atoms with E-state index in [1.54, 1.807) is 19.1 Å². The molecule has 2 aromatic carbocycles. The van der Waals surface area contributed by atoms with Gasteiger partial charge in [0.1, 0.15) is 6.04 Å². The molecular formula is C19H18Br2N2O4. The predicted molar refractivity (Wildman–Crippen MR) is 111 cm³/mol. The van der Waals surface area contributed by atoms with E-state index in [1.807, 2.05) is 19.1 Å². The number of hydrogen-bond donors (Lipinski definition) is 2. The van der Waals surface area contributed by atoms with Gasteiger partial charge in [0.2, 0.25) is 12.7 Å². The smallest absolute Gasteiger partial charge is 0.246 e. The number of carbonyl (C=O) groups excluding carboxylic acids is 2. The summed E-state index contributed by atoms with van der Waals surface area (Å²) in [6, 6.07) is 6.56. The van der Waals surface area contributed by atoms with Crippen LogP contribution in [0.1, 0.15) is 29.8 Å². The number of Topliss-reactive ketones (excluding diaryl/α,β-unsaturated/α-hetero) is 1. The maximum atomic E-state index is 12.7. The first-order valence-electron chi connectivity index (χ1n) is 8.24. The van der Waals surface area contributed by atoms with E-state index < -0.39 is 6.04 Å². The quantitative estimate of drug-likeness (QED) is 0.575. The number of fused-ring (bicyclic) bond motifs is 1. The minimum absolute atomic E-state index is 0.113. The Kier molecular flexibility index (Phi) is 5.76. The fraction of sp³-hybridized carbons (Fsp3) is 0.263. The van der Waals surface area contributed by atoms with Crippen LogP contribution < -0.4 is 20.1 Å². The summed E-state index contributed by atoms with van der Waals surface area (Å²) in [6.07, 6.45) is 0. The number of rotatable bonds is 5. The Hall–Kier alpha value is -2.06. The number of hydrogen-bond acceptors (Lipinski definition) is 5. The number of ether oxygens (including phenoxy) is 2. The summed E-state index contributed by atoms with van der Waals surface area (Å²) in [5.41, 5.74) is 2.68. The molecule has 1 aliphatic heterocycles. The molecule has 1 aliphatic rings. The number of carbonyl (C=O) groups is 2. The van der Waals surface area contributed by atoms with E-state index in [4.69, 9.17) is 9.47 Å². The third-order valence-corrected chi connectivity index (χ3v) is 5.34. The van der Waals surface area contributed by atoms with E-state index in [0.29, 0.717) is 28.4 Å². The van der Waals surface area contributed by atoms with Gasteiger partial charge in [0, 0.05) is 26.3 Å². The third-order valence-electron chi connectivity index (χ3n) is 4.09. The summed E-state index contributed by atoms with van der Waals surface area (Å²) >= 11 is 6.93. The summed E-state index contributed by atoms with van der Waals surface area (Å²) in [5.74, 6) is 0.689. The predicted octanol–water partition coefficient (Wildman–Crippen LogP) is 4.89. The van der Waals surface area contributed by atoms with Crippen molar-refractivity contribution in [3.05, 3.63) is 44.3 Å². The fourth-order valence-corrected chi connectivity index (χ4v) is 4.32. The summed E-state index contributed by atoms with van der Waals surface area (Å²) < 4.78 is 12.2. The van der Waals surface area contributed by atoms with Gasteiger partial charge in [-0.15, -0.1) is 0 Å². The van der Waals surface area contributed by atoms with Gasteiger partial charge in [0.05, 0.1) is 5.69 Å². The van der Waals surface area contributed by atoms with Crippen molar-refractivity contribution in [3.63, 3.8) is 0 Å². The Balaban J connectivity index is 1.80. The second-order valence-electron chi connectivity index (χ2n) is 6.27. The Morgan fingerprint density at radius 2 is 1.67 bits per heavy atom. The first-order valence-corrected chi connectivity index (χ1v) is 9.82. The molecule has 1 heterocycles. The normalized spacial score (nSPS) is 13.2. The summed E-state index contributed by atoms with van der Waals surface area (Å²) in [4.78, 5) is 24.6. The molecule has 0 aliphatic carbocycles. The second kappa shape index (κ2) is 7.90. The Morgan fingerprint density at radius 3 is 2.26 bits per heavy atom. The fourth-order valence-electron chi connectivity index (χ4n) is 2.70. The van der Waals surface area contributed by atoms with Crippen LogP contribution >= 0.6 is 31.9 Å². The average molecular weight is 498 g/mol. The largest absolute Gasteiger partial charge is 0.454 e. The second-order valence-corrected chi connectivity index (χ2v) is 7.97. The van der Waals surface area contributed by atoms with E-state index in [1.165, 1.54) is 6.92 Å². The van der Waals surface area contributed by atoms with Gasteiger partial charge in [-0.05, 0) is 76.4 Å². The lowest BCUT2D eigenvalue weighted by Gasteiger charge is -2.19. The van der Waals surface area contributed by atoms with E-state index in [2.05, 4.69) is 42.5 Å². The number of halogens is 2. The minimum atomic E-state index is -0.594. The molecule has 1 unspecified atom stereocenters. The zero-order chi connectivity index (χ0) is 19.7. The van der Waals surface area contributed by atoms with Crippen LogP contribution in [0.5, 0.6) is 11.5 Å². The van der Waals surface area contributed by atoms with Gasteiger partial charge in [0.25, 0.3) is 0 Å². The number of ketones is 1. The van der Waals surface area contributed by atoms with Crippen LogP contribution in [0.15, 0.2) is 33.2 Å². The van der Waals surface area contributed by atoms with Crippen LogP contribution in [0.25, 0.3) is 0 Å². The molecular weight excluding hydrogens is 480 g/mol. The number of benzene rings is 2. The van der Waals surface area contributed by atoms with Crippen molar-refractivity contribution in [3.8, 4) is 11.5 Å². The van der Waals surface area contributed by atoms with Crippen LogP contribution in [-0.2, 0) is 4.79 Å². The lowest BCUT2D eigenvalue weighted by Crippen LogP contribution is -2.32. The third kappa shape index (κ3) is 4.27. The number of amides is 1. The lowest BCUT2D eigenvalue weighted by molar-refractivity contribution is -0.116. The SMILES string of the molecule is CC(=O)c1cc2c(cc1NC(C)C(=O)Nc1c(Br)cc(C)cc1Br)OCO2. The van der Waals surface area contributed by atoms with E-state index in [9.17, 15) is 9.59 Å². The highest BCUT2D eigenvalue weighted by Gasteiger charge is 2.22. The number of aryl methyl sites for hydroxylation is 1. The monoisotopic (exact) mass is 496 g/mol. The van der Waals surface area contributed by atoms with Gasteiger partial charge >= 0.3 is 0 Å². The zero-order valence-electron chi connectivity index (χ0n) is 15.0. The Morgan fingerprint density at radius 1 is 1.07 bits per heavy atom. The molecule has 2 aromatic rings. The van der Waals surface area contributed by atoms with Crippen molar-refractivity contribution in [2.24, 2.45) is 0 Å². The lowest BCUT2D eigenvalue weighted by atomic mass is 10.1. The standard InChI is InChI=1S/C19H18Br2N2O4/c1-9-4-13(20)18(14(21)5-9)23-19(25)10(2)22-15-7-17-16(26-8-27-17)6-12(15)11(3)24/h4-7,10,22H,8H2,1-3H3,(H,23,25). The molecule has 142 valence electrons. The Labute approximate surface area is 173 Å². The maximum Gasteiger partial charge on any atom is 0.246 e. The molecule has 1 atom stereocenters. The first-order chi connectivity index (χ1) is 12.8. The number of anilines is 2. The van der Waals surface area contributed by atoms with Crippen molar-refractivity contribution < 1.29 is 19.1 Å². The zero-order valence-corrected chi connectivity index (χ0v) is 18.2.